The van der Waals surface area contributed by atoms with Gasteiger partial charge in [0.25, 0.3) is 5.69 Å². The first kappa shape index (κ1) is 13.3. The fraction of sp³-hybridized carbons (Fsp3) is 0.400. The number of hydrogen-bond donors (Lipinski definition) is 1. The number of nitrogens with one attached hydrogen (secondary N) is 1. The van der Waals surface area contributed by atoms with Gasteiger partial charge in [-0.2, -0.15) is 13.2 Å². The maximum atomic E-state index is 12.6. The number of rotatable bonds is 4. The maximum absolute atomic E-state index is 12.6. The molecule has 0 amide bonds. The zero-order valence-corrected chi connectivity index (χ0v) is 9.04. The summed E-state index contributed by atoms with van der Waals surface area (Å²) in [5, 5.41) is 13.2. The molecular formula is C10H11F3N2O2. The Morgan fingerprint density at radius 3 is 2.53 bits per heavy atom. The monoisotopic (exact) mass is 248 g/mol. The van der Waals surface area contributed by atoms with Crippen LogP contribution in [-0.2, 0) is 6.18 Å². The fourth-order valence-corrected chi connectivity index (χ4v) is 1.30. The van der Waals surface area contributed by atoms with E-state index in [9.17, 15) is 23.3 Å². The van der Waals surface area contributed by atoms with Crippen molar-refractivity contribution in [3.63, 3.8) is 0 Å². The minimum atomic E-state index is -4.73. The Bertz CT molecular complexity index is 419. The van der Waals surface area contributed by atoms with E-state index in [1.165, 1.54) is 6.07 Å². The smallest absolute Gasteiger partial charge is 0.385 e. The Morgan fingerprint density at radius 1 is 1.41 bits per heavy atom. The minimum Gasteiger partial charge on any atom is -0.385 e. The molecule has 0 spiro atoms. The highest BCUT2D eigenvalue weighted by Crippen LogP contribution is 2.37. The third-order valence-corrected chi connectivity index (χ3v) is 2.08. The predicted octanol–water partition coefficient (Wildman–Crippen LogP) is 3.44. The van der Waals surface area contributed by atoms with Gasteiger partial charge in [-0.05, 0) is 18.6 Å². The van der Waals surface area contributed by atoms with Crippen molar-refractivity contribution < 1.29 is 18.1 Å². The van der Waals surface area contributed by atoms with Gasteiger partial charge in [-0.3, -0.25) is 10.1 Å². The number of hydrogen-bond acceptors (Lipinski definition) is 3. The summed E-state index contributed by atoms with van der Waals surface area (Å²) in [6, 6.07) is 2.89. The summed E-state index contributed by atoms with van der Waals surface area (Å²) in [5.41, 5.74) is -1.94. The van der Waals surface area contributed by atoms with Crippen molar-refractivity contribution in [2.45, 2.75) is 19.5 Å². The van der Waals surface area contributed by atoms with E-state index >= 15 is 0 Å². The molecule has 1 aromatic carbocycles. The summed E-state index contributed by atoms with van der Waals surface area (Å²) in [5.74, 6) is 0. The van der Waals surface area contributed by atoms with Crippen LogP contribution in [0.1, 0.15) is 18.9 Å². The molecule has 0 radical (unpaired) electrons. The molecule has 0 aromatic heterocycles. The van der Waals surface area contributed by atoms with Gasteiger partial charge in [0, 0.05) is 18.3 Å². The van der Waals surface area contributed by atoms with Crippen LogP contribution < -0.4 is 5.32 Å². The summed E-state index contributed by atoms with van der Waals surface area (Å²) in [6.45, 7) is 2.37. The normalized spacial score (nSPS) is 11.3. The molecule has 1 rings (SSSR count). The average Bonchev–Trinajstić information content (AvgIpc) is 2.24. The first-order valence-electron chi connectivity index (χ1n) is 4.95. The van der Waals surface area contributed by atoms with Gasteiger partial charge >= 0.3 is 6.18 Å². The van der Waals surface area contributed by atoms with E-state index < -0.39 is 22.4 Å². The maximum Gasteiger partial charge on any atom is 0.423 e. The predicted molar refractivity (Wildman–Crippen MR) is 56.9 cm³/mol. The largest absolute Gasteiger partial charge is 0.423 e. The number of anilines is 1. The van der Waals surface area contributed by atoms with Gasteiger partial charge in [-0.15, -0.1) is 0 Å². The highest BCUT2D eigenvalue weighted by Gasteiger charge is 2.38. The SMILES string of the molecule is CCCNc1ccc([N+](=O)[O-])c(C(F)(F)F)c1. The van der Waals surface area contributed by atoms with Crippen molar-refractivity contribution in [1.29, 1.82) is 0 Å². The summed E-state index contributed by atoms with van der Waals surface area (Å²) in [4.78, 5) is 9.44. The lowest BCUT2D eigenvalue weighted by atomic mass is 10.1. The third-order valence-electron chi connectivity index (χ3n) is 2.08. The van der Waals surface area contributed by atoms with Gasteiger partial charge < -0.3 is 5.32 Å². The molecule has 0 heterocycles. The van der Waals surface area contributed by atoms with E-state index in [-0.39, 0.29) is 5.69 Å². The molecule has 0 atom stereocenters. The first-order chi connectivity index (χ1) is 7.86. The summed E-state index contributed by atoms with van der Waals surface area (Å²) in [6.07, 6.45) is -3.98. The molecule has 1 N–H and O–H groups in total. The van der Waals surface area contributed by atoms with Crippen molar-refractivity contribution in [2.75, 3.05) is 11.9 Å². The third kappa shape index (κ3) is 3.33. The lowest BCUT2D eigenvalue weighted by molar-refractivity contribution is -0.388. The highest BCUT2D eigenvalue weighted by atomic mass is 19.4. The van der Waals surface area contributed by atoms with Crippen LogP contribution in [0.2, 0.25) is 0 Å². The van der Waals surface area contributed by atoms with Gasteiger partial charge in [0.2, 0.25) is 0 Å². The van der Waals surface area contributed by atoms with Crippen LogP contribution in [0.25, 0.3) is 0 Å². The average molecular weight is 248 g/mol. The lowest BCUT2D eigenvalue weighted by Gasteiger charge is -2.10. The molecule has 0 aliphatic carbocycles. The second-order valence-corrected chi connectivity index (χ2v) is 3.41. The van der Waals surface area contributed by atoms with Crippen LogP contribution >= 0.6 is 0 Å². The van der Waals surface area contributed by atoms with Gasteiger partial charge in [0.05, 0.1) is 4.92 Å². The topological polar surface area (TPSA) is 55.2 Å². The quantitative estimate of drug-likeness (QED) is 0.656. The molecule has 1 aromatic rings. The fourth-order valence-electron chi connectivity index (χ4n) is 1.30. The van der Waals surface area contributed by atoms with Crippen molar-refractivity contribution in [3.05, 3.63) is 33.9 Å². The molecular weight excluding hydrogens is 237 g/mol. The van der Waals surface area contributed by atoms with Crippen LogP contribution in [0.5, 0.6) is 0 Å². The Labute approximate surface area is 95.6 Å². The minimum absolute atomic E-state index is 0.227. The lowest BCUT2D eigenvalue weighted by Crippen LogP contribution is -2.10. The number of halogens is 3. The Balaban J connectivity index is 3.15. The molecule has 4 nitrogen and oxygen atoms in total. The zero-order chi connectivity index (χ0) is 13.1. The molecule has 0 unspecified atom stereocenters. The van der Waals surface area contributed by atoms with Gasteiger partial charge in [-0.25, -0.2) is 0 Å². The summed E-state index contributed by atoms with van der Waals surface area (Å²) < 4.78 is 37.7. The molecule has 17 heavy (non-hydrogen) atoms. The van der Waals surface area contributed by atoms with Crippen molar-refractivity contribution in [2.24, 2.45) is 0 Å². The molecule has 0 aliphatic heterocycles. The Hall–Kier alpha value is -1.79. The molecule has 7 heteroatoms. The zero-order valence-electron chi connectivity index (χ0n) is 9.04. The van der Waals surface area contributed by atoms with Crippen LogP contribution in [-0.4, -0.2) is 11.5 Å². The van der Waals surface area contributed by atoms with Gasteiger partial charge in [0.1, 0.15) is 5.56 Å². The van der Waals surface area contributed by atoms with Crippen LogP contribution in [0, 0.1) is 10.1 Å². The number of nitro groups is 1. The Kier molecular flexibility index (Phi) is 3.93. The van der Waals surface area contributed by atoms with Crippen LogP contribution in [0.15, 0.2) is 18.2 Å². The second-order valence-electron chi connectivity index (χ2n) is 3.41. The number of benzene rings is 1. The number of nitro benzene ring substituents is 1. The van der Waals surface area contributed by atoms with Gasteiger partial charge in [-0.1, -0.05) is 6.92 Å². The summed E-state index contributed by atoms with van der Waals surface area (Å²) >= 11 is 0. The van der Waals surface area contributed by atoms with Crippen molar-refractivity contribution >= 4 is 11.4 Å². The van der Waals surface area contributed by atoms with Crippen LogP contribution in [0.3, 0.4) is 0 Å². The second kappa shape index (κ2) is 5.03. The van der Waals surface area contributed by atoms with Crippen molar-refractivity contribution in [3.8, 4) is 0 Å². The van der Waals surface area contributed by atoms with Crippen molar-refractivity contribution in [1.82, 2.24) is 0 Å². The Morgan fingerprint density at radius 2 is 2.06 bits per heavy atom. The standard InChI is InChI=1S/C10H11F3N2O2/c1-2-5-14-7-3-4-9(15(16)17)8(6-7)10(11,12)13/h3-4,6,14H,2,5H2,1H3. The number of alkyl halides is 3. The molecule has 0 fully saturated rings. The van der Waals surface area contributed by atoms with E-state index in [0.717, 1.165) is 18.6 Å². The molecule has 0 bridgehead atoms. The number of nitrogens with zero attached hydrogens (tertiary/aromatic N) is 1. The summed E-state index contributed by atoms with van der Waals surface area (Å²) in [7, 11) is 0. The van der Waals surface area contributed by atoms with Crippen LogP contribution in [0.4, 0.5) is 24.5 Å². The van der Waals surface area contributed by atoms with E-state index in [2.05, 4.69) is 5.32 Å². The van der Waals surface area contributed by atoms with E-state index in [4.69, 9.17) is 0 Å². The highest BCUT2D eigenvalue weighted by molar-refractivity contribution is 5.55. The molecule has 0 saturated carbocycles. The molecule has 0 saturated heterocycles. The first-order valence-corrected chi connectivity index (χ1v) is 4.95. The van der Waals surface area contributed by atoms with E-state index in [1.54, 1.807) is 0 Å². The van der Waals surface area contributed by atoms with E-state index in [0.29, 0.717) is 6.54 Å². The molecule has 0 aliphatic rings. The van der Waals surface area contributed by atoms with E-state index in [1.807, 2.05) is 6.92 Å². The van der Waals surface area contributed by atoms with Gasteiger partial charge in [0.15, 0.2) is 0 Å². The molecule has 94 valence electrons.